The Hall–Kier alpha value is -3.53. The number of hydrogen-bond donors (Lipinski definition) is 3. The average molecular weight is 489 g/mol. The number of fused-ring (bicyclic) bond motifs is 2. The molecular formula is C25H26F3N3O4. The maximum atomic E-state index is 13.1. The number of rotatable bonds is 6. The smallest absolute Gasteiger partial charge is 0.416 e. The lowest BCUT2D eigenvalue weighted by Gasteiger charge is -2.29. The maximum Gasteiger partial charge on any atom is 0.416 e. The van der Waals surface area contributed by atoms with E-state index < -0.39 is 17.6 Å². The Morgan fingerprint density at radius 3 is 2.80 bits per heavy atom. The van der Waals surface area contributed by atoms with Gasteiger partial charge in [0, 0.05) is 42.7 Å². The van der Waals surface area contributed by atoms with Gasteiger partial charge in [0.2, 0.25) is 5.91 Å². The maximum absolute atomic E-state index is 13.1. The molecule has 0 radical (unpaired) electrons. The van der Waals surface area contributed by atoms with Crippen molar-refractivity contribution >= 4 is 28.9 Å². The molecule has 0 spiro atoms. The minimum Gasteiger partial charge on any atom is -0.493 e. The van der Waals surface area contributed by atoms with Crippen molar-refractivity contribution in [3.8, 4) is 5.75 Å². The Bertz CT molecular complexity index is 1150. The van der Waals surface area contributed by atoms with E-state index in [1.165, 1.54) is 12.1 Å². The molecule has 186 valence electrons. The summed E-state index contributed by atoms with van der Waals surface area (Å²) in [4.78, 5) is 26.8. The average Bonchev–Trinajstić information content (AvgIpc) is 3.00. The van der Waals surface area contributed by atoms with E-state index in [1.54, 1.807) is 17.0 Å². The minimum atomic E-state index is -4.48. The van der Waals surface area contributed by atoms with Crippen LogP contribution >= 0.6 is 0 Å². The number of benzene rings is 2. The van der Waals surface area contributed by atoms with Crippen LogP contribution in [0, 0.1) is 0 Å². The molecule has 0 aliphatic carbocycles. The molecule has 0 aromatic heterocycles. The summed E-state index contributed by atoms with van der Waals surface area (Å²) in [7, 11) is 0. The topological polar surface area (TPSA) is 90.9 Å². The van der Waals surface area contributed by atoms with Crippen LogP contribution in [-0.4, -0.2) is 41.7 Å². The fourth-order valence-corrected chi connectivity index (χ4v) is 4.12. The number of carbonyl (C=O) groups excluding carboxylic acids is 2. The number of hydrogen-bond acceptors (Lipinski definition) is 4. The summed E-state index contributed by atoms with van der Waals surface area (Å²) in [6.45, 7) is 1.31. The molecule has 2 aliphatic heterocycles. The molecule has 2 aromatic rings. The third kappa shape index (κ3) is 5.94. The standard InChI is InChI=1S/C25H26F3N3O4/c26-25(27,28)18-6-8-20-16(4-3-11-35-22(20)13-18)12-23(33)29-19-7-5-17-15-31(9-1-2-10-32)24(34)30-21(17)14-19/h5-8,12-14,32H,1-4,9-11,15H2,(H,29,33)(H,30,34)/b16-12+. The van der Waals surface area contributed by atoms with Gasteiger partial charge in [0.25, 0.3) is 0 Å². The molecule has 0 saturated heterocycles. The predicted molar refractivity (Wildman–Crippen MR) is 125 cm³/mol. The lowest BCUT2D eigenvalue weighted by Crippen LogP contribution is -2.39. The van der Waals surface area contributed by atoms with E-state index in [9.17, 15) is 22.8 Å². The van der Waals surface area contributed by atoms with Crippen LogP contribution in [0.3, 0.4) is 0 Å². The molecule has 2 aliphatic rings. The highest BCUT2D eigenvalue weighted by molar-refractivity contribution is 6.05. The van der Waals surface area contributed by atoms with Gasteiger partial charge in [-0.1, -0.05) is 12.1 Å². The zero-order valence-corrected chi connectivity index (χ0v) is 19.0. The van der Waals surface area contributed by atoms with Gasteiger partial charge in [-0.3, -0.25) is 4.79 Å². The van der Waals surface area contributed by atoms with Crippen LogP contribution in [0.4, 0.5) is 29.3 Å². The quantitative estimate of drug-likeness (QED) is 0.393. The second kappa shape index (κ2) is 10.4. The first-order valence-electron chi connectivity index (χ1n) is 11.4. The summed E-state index contributed by atoms with van der Waals surface area (Å²) in [5, 5.41) is 14.5. The molecule has 4 rings (SSSR count). The van der Waals surface area contributed by atoms with Crippen molar-refractivity contribution in [3.63, 3.8) is 0 Å². The number of aliphatic hydroxyl groups excluding tert-OH is 1. The Balaban J connectivity index is 1.48. The largest absolute Gasteiger partial charge is 0.493 e. The fourth-order valence-electron chi connectivity index (χ4n) is 4.12. The summed E-state index contributed by atoms with van der Waals surface area (Å²) in [6, 6.07) is 8.28. The Morgan fingerprint density at radius 2 is 2.03 bits per heavy atom. The molecule has 0 unspecified atom stereocenters. The number of nitrogens with one attached hydrogen (secondary N) is 2. The van der Waals surface area contributed by atoms with E-state index in [0.29, 0.717) is 61.3 Å². The van der Waals surface area contributed by atoms with Gasteiger partial charge in [-0.25, -0.2) is 4.79 Å². The van der Waals surface area contributed by atoms with E-state index in [-0.39, 0.29) is 25.0 Å². The van der Waals surface area contributed by atoms with E-state index in [0.717, 1.165) is 17.7 Å². The molecule has 2 heterocycles. The zero-order valence-electron chi connectivity index (χ0n) is 19.0. The number of urea groups is 1. The van der Waals surface area contributed by atoms with Gasteiger partial charge in [-0.2, -0.15) is 13.2 Å². The van der Waals surface area contributed by atoms with Gasteiger partial charge in [-0.05, 0) is 61.1 Å². The van der Waals surface area contributed by atoms with Gasteiger partial charge in [0.05, 0.1) is 12.2 Å². The van der Waals surface area contributed by atoms with Crippen molar-refractivity contribution in [2.24, 2.45) is 0 Å². The summed E-state index contributed by atoms with van der Waals surface area (Å²) in [6.07, 6.45) is -0.732. The summed E-state index contributed by atoms with van der Waals surface area (Å²) in [5.74, 6) is -0.322. The lowest BCUT2D eigenvalue weighted by atomic mass is 9.99. The SMILES string of the molecule is O=C(/C=C1\CCCOc2cc(C(F)(F)F)ccc21)Nc1ccc2c(c1)NC(=O)N(CCCCO)C2. The number of anilines is 2. The van der Waals surface area contributed by atoms with Gasteiger partial charge >= 0.3 is 12.2 Å². The van der Waals surface area contributed by atoms with Crippen LogP contribution in [0.2, 0.25) is 0 Å². The summed E-state index contributed by atoms with van der Waals surface area (Å²) >= 11 is 0. The second-order valence-corrected chi connectivity index (χ2v) is 8.47. The van der Waals surface area contributed by atoms with Crippen molar-refractivity contribution in [3.05, 3.63) is 59.2 Å². The van der Waals surface area contributed by atoms with E-state index in [4.69, 9.17) is 9.84 Å². The molecule has 7 nitrogen and oxygen atoms in total. The number of nitrogens with zero attached hydrogens (tertiary/aromatic N) is 1. The lowest BCUT2D eigenvalue weighted by molar-refractivity contribution is -0.137. The minimum absolute atomic E-state index is 0.0818. The summed E-state index contributed by atoms with van der Waals surface area (Å²) < 4.78 is 44.7. The molecule has 35 heavy (non-hydrogen) atoms. The first-order valence-corrected chi connectivity index (χ1v) is 11.4. The van der Waals surface area contributed by atoms with Gasteiger partial charge in [-0.15, -0.1) is 0 Å². The Labute approximate surface area is 200 Å². The Morgan fingerprint density at radius 1 is 1.20 bits per heavy atom. The van der Waals surface area contributed by atoms with E-state index in [2.05, 4.69) is 10.6 Å². The van der Waals surface area contributed by atoms with Crippen LogP contribution < -0.4 is 15.4 Å². The number of ether oxygens (including phenoxy) is 1. The molecule has 2 aromatic carbocycles. The van der Waals surface area contributed by atoms with Crippen LogP contribution in [0.15, 0.2) is 42.5 Å². The van der Waals surface area contributed by atoms with Gasteiger partial charge in [0.1, 0.15) is 5.75 Å². The fraction of sp³-hybridized carbons (Fsp3) is 0.360. The number of amides is 3. The molecule has 0 atom stereocenters. The van der Waals surface area contributed by atoms with Crippen molar-refractivity contribution in [2.45, 2.75) is 38.4 Å². The Kier molecular flexibility index (Phi) is 7.30. The number of carbonyl (C=O) groups is 2. The number of halogens is 3. The van der Waals surface area contributed by atoms with Crippen LogP contribution in [-0.2, 0) is 17.5 Å². The van der Waals surface area contributed by atoms with Crippen LogP contribution in [0.1, 0.15) is 42.4 Å². The highest BCUT2D eigenvalue weighted by Gasteiger charge is 2.32. The van der Waals surface area contributed by atoms with Crippen LogP contribution in [0.5, 0.6) is 5.75 Å². The highest BCUT2D eigenvalue weighted by Crippen LogP contribution is 2.38. The molecule has 10 heteroatoms. The number of unbranched alkanes of at least 4 members (excludes halogenated alkanes) is 1. The highest BCUT2D eigenvalue weighted by atomic mass is 19.4. The molecule has 3 N–H and O–H groups in total. The van der Waals surface area contributed by atoms with E-state index in [1.807, 2.05) is 6.07 Å². The molecule has 0 saturated carbocycles. The van der Waals surface area contributed by atoms with Crippen molar-refractivity contribution in [2.75, 3.05) is 30.4 Å². The van der Waals surface area contributed by atoms with Crippen molar-refractivity contribution < 1.29 is 32.6 Å². The van der Waals surface area contributed by atoms with Crippen molar-refractivity contribution in [1.82, 2.24) is 4.90 Å². The molecule has 0 fully saturated rings. The molecule has 3 amide bonds. The van der Waals surface area contributed by atoms with E-state index >= 15 is 0 Å². The number of aliphatic hydroxyl groups is 1. The van der Waals surface area contributed by atoms with Crippen LogP contribution in [0.25, 0.3) is 5.57 Å². The normalized spacial score (nSPS) is 16.6. The summed E-state index contributed by atoms with van der Waals surface area (Å²) in [5.41, 5.74) is 2.24. The molecular weight excluding hydrogens is 463 g/mol. The van der Waals surface area contributed by atoms with Gasteiger partial charge in [0.15, 0.2) is 0 Å². The third-order valence-electron chi connectivity index (χ3n) is 5.91. The zero-order chi connectivity index (χ0) is 25.0. The van der Waals surface area contributed by atoms with Crippen molar-refractivity contribution in [1.29, 1.82) is 0 Å². The second-order valence-electron chi connectivity index (χ2n) is 8.47. The first-order chi connectivity index (χ1) is 16.7. The number of allylic oxidation sites excluding steroid dienone is 1. The monoisotopic (exact) mass is 489 g/mol. The predicted octanol–water partition coefficient (Wildman–Crippen LogP) is 5.02. The number of alkyl halides is 3. The molecule has 0 bridgehead atoms. The third-order valence-corrected chi connectivity index (χ3v) is 5.91. The van der Waals surface area contributed by atoms with Gasteiger partial charge < -0.3 is 25.4 Å². The first kappa shape index (κ1) is 24.6.